The molecule has 0 radical (unpaired) electrons. The van der Waals surface area contributed by atoms with Gasteiger partial charge in [-0.2, -0.15) is 5.10 Å². The van der Waals surface area contributed by atoms with E-state index in [9.17, 15) is 4.79 Å². The number of nitrogens with zero attached hydrogens (tertiary/aromatic N) is 1. The van der Waals surface area contributed by atoms with Crippen LogP contribution in [0.25, 0.3) is 0 Å². The van der Waals surface area contributed by atoms with E-state index in [0.717, 1.165) is 29.9 Å². The number of aromatic nitrogens is 2. The smallest absolute Gasteiger partial charge is 0.224 e. The third-order valence-electron chi connectivity index (χ3n) is 2.66. The minimum Gasteiger partial charge on any atom is -0.356 e. The molecule has 90 valence electrons. The molecule has 0 atom stereocenters. The maximum Gasteiger partial charge on any atom is 0.224 e. The lowest BCUT2D eigenvalue weighted by Gasteiger charge is -2.07. The van der Waals surface area contributed by atoms with Gasteiger partial charge in [-0.15, -0.1) is 0 Å². The summed E-state index contributed by atoms with van der Waals surface area (Å²) >= 11 is 0. The van der Waals surface area contributed by atoms with E-state index in [-0.39, 0.29) is 5.91 Å². The highest BCUT2D eigenvalue weighted by Gasteiger charge is 2.10. The van der Waals surface area contributed by atoms with E-state index >= 15 is 0 Å². The van der Waals surface area contributed by atoms with Gasteiger partial charge in [-0.25, -0.2) is 0 Å². The molecule has 0 aliphatic heterocycles. The normalized spacial score (nSPS) is 10.8. The van der Waals surface area contributed by atoms with Crippen LogP contribution in [-0.4, -0.2) is 22.6 Å². The second kappa shape index (κ2) is 5.68. The van der Waals surface area contributed by atoms with Crippen molar-refractivity contribution in [2.24, 2.45) is 5.92 Å². The number of rotatable bonds is 5. The molecule has 0 unspecified atom stereocenters. The number of aryl methyl sites for hydroxylation is 2. The number of carbonyl (C=O) groups excluding carboxylic acids is 1. The molecule has 4 nitrogen and oxygen atoms in total. The maximum absolute atomic E-state index is 11.6. The van der Waals surface area contributed by atoms with Crippen LogP contribution in [0.1, 0.15) is 37.2 Å². The van der Waals surface area contributed by atoms with Crippen molar-refractivity contribution in [2.75, 3.05) is 6.54 Å². The van der Waals surface area contributed by atoms with E-state index in [1.807, 2.05) is 13.8 Å². The van der Waals surface area contributed by atoms with Crippen molar-refractivity contribution in [1.29, 1.82) is 0 Å². The average molecular weight is 223 g/mol. The zero-order valence-electron chi connectivity index (χ0n) is 10.6. The molecule has 2 N–H and O–H groups in total. The predicted molar refractivity (Wildman–Crippen MR) is 64.2 cm³/mol. The lowest BCUT2D eigenvalue weighted by atomic mass is 10.1. The van der Waals surface area contributed by atoms with Crippen LogP contribution >= 0.6 is 0 Å². The van der Waals surface area contributed by atoms with E-state index in [4.69, 9.17) is 0 Å². The fraction of sp³-hybridized carbons (Fsp3) is 0.667. The SMILES string of the molecule is Cc1n[nH]c(C)c1CC(=O)NCCC(C)C. The summed E-state index contributed by atoms with van der Waals surface area (Å²) in [7, 11) is 0. The van der Waals surface area contributed by atoms with Crippen LogP contribution in [0.4, 0.5) is 0 Å². The van der Waals surface area contributed by atoms with Crippen LogP contribution in [-0.2, 0) is 11.2 Å². The van der Waals surface area contributed by atoms with Gasteiger partial charge in [-0.3, -0.25) is 9.89 Å². The van der Waals surface area contributed by atoms with Crippen LogP contribution in [0.2, 0.25) is 0 Å². The fourth-order valence-corrected chi connectivity index (χ4v) is 1.56. The van der Waals surface area contributed by atoms with E-state index < -0.39 is 0 Å². The molecular weight excluding hydrogens is 202 g/mol. The highest BCUT2D eigenvalue weighted by molar-refractivity contribution is 5.79. The van der Waals surface area contributed by atoms with Gasteiger partial charge in [0.15, 0.2) is 0 Å². The molecule has 1 aromatic rings. The van der Waals surface area contributed by atoms with Crippen molar-refractivity contribution < 1.29 is 4.79 Å². The Balaban J connectivity index is 2.40. The Morgan fingerprint density at radius 1 is 1.44 bits per heavy atom. The Bertz CT molecular complexity index is 336. The third kappa shape index (κ3) is 3.68. The molecule has 1 amide bonds. The molecule has 0 saturated carbocycles. The number of carbonyl (C=O) groups is 1. The number of hydrogen-bond donors (Lipinski definition) is 2. The second-order valence-corrected chi connectivity index (χ2v) is 4.62. The summed E-state index contributed by atoms with van der Waals surface area (Å²) in [5.41, 5.74) is 2.91. The summed E-state index contributed by atoms with van der Waals surface area (Å²) < 4.78 is 0. The molecule has 0 aliphatic rings. The van der Waals surface area contributed by atoms with Gasteiger partial charge < -0.3 is 5.32 Å². The van der Waals surface area contributed by atoms with E-state index in [2.05, 4.69) is 29.4 Å². The Kier molecular flexibility index (Phi) is 4.52. The Labute approximate surface area is 96.8 Å². The lowest BCUT2D eigenvalue weighted by molar-refractivity contribution is -0.120. The first kappa shape index (κ1) is 12.7. The first-order chi connectivity index (χ1) is 7.50. The average Bonchev–Trinajstić information content (AvgIpc) is 2.49. The number of amides is 1. The van der Waals surface area contributed by atoms with Gasteiger partial charge in [0.25, 0.3) is 0 Å². The van der Waals surface area contributed by atoms with Gasteiger partial charge in [0.2, 0.25) is 5.91 Å². The van der Waals surface area contributed by atoms with E-state index in [1.54, 1.807) is 0 Å². The van der Waals surface area contributed by atoms with Crippen molar-refractivity contribution in [2.45, 2.75) is 40.5 Å². The first-order valence-electron chi connectivity index (χ1n) is 5.77. The standard InChI is InChI=1S/C12H21N3O/c1-8(2)5-6-13-12(16)7-11-9(3)14-15-10(11)4/h8H,5-7H2,1-4H3,(H,13,16)(H,14,15). The second-order valence-electron chi connectivity index (χ2n) is 4.62. The molecule has 4 heteroatoms. The zero-order valence-corrected chi connectivity index (χ0v) is 10.6. The van der Waals surface area contributed by atoms with Crippen molar-refractivity contribution in [3.8, 4) is 0 Å². The van der Waals surface area contributed by atoms with Crippen molar-refractivity contribution in [3.05, 3.63) is 17.0 Å². The lowest BCUT2D eigenvalue weighted by Crippen LogP contribution is -2.27. The van der Waals surface area contributed by atoms with Crippen molar-refractivity contribution >= 4 is 5.91 Å². The van der Waals surface area contributed by atoms with Gasteiger partial charge in [0.05, 0.1) is 12.1 Å². The minimum absolute atomic E-state index is 0.0771. The van der Waals surface area contributed by atoms with Crippen LogP contribution < -0.4 is 5.32 Å². The number of nitrogens with one attached hydrogen (secondary N) is 2. The molecule has 1 aromatic heterocycles. The highest BCUT2D eigenvalue weighted by atomic mass is 16.1. The predicted octanol–water partition coefficient (Wildman–Crippen LogP) is 1.73. The molecule has 0 aromatic carbocycles. The first-order valence-corrected chi connectivity index (χ1v) is 5.77. The molecule has 0 aliphatic carbocycles. The molecule has 0 saturated heterocycles. The maximum atomic E-state index is 11.6. The molecule has 0 spiro atoms. The monoisotopic (exact) mass is 223 g/mol. The van der Waals surface area contributed by atoms with Gasteiger partial charge in [-0.05, 0) is 26.2 Å². The van der Waals surface area contributed by atoms with Crippen molar-refractivity contribution in [3.63, 3.8) is 0 Å². The fourth-order valence-electron chi connectivity index (χ4n) is 1.56. The largest absolute Gasteiger partial charge is 0.356 e. The summed E-state index contributed by atoms with van der Waals surface area (Å²) in [6, 6.07) is 0. The Hall–Kier alpha value is -1.32. The molecule has 16 heavy (non-hydrogen) atoms. The summed E-state index contributed by atoms with van der Waals surface area (Å²) in [4.78, 5) is 11.6. The van der Waals surface area contributed by atoms with Gasteiger partial charge in [0.1, 0.15) is 0 Å². The topological polar surface area (TPSA) is 57.8 Å². The van der Waals surface area contributed by atoms with Crippen LogP contribution in [0.3, 0.4) is 0 Å². The van der Waals surface area contributed by atoms with Crippen LogP contribution in [0, 0.1) is 19.8 Å². The number of H-pyrrole nitrogens is 1. The molecule has 0 fully saturated rings. The summed E-state index contributed by atoms with van der Waals surface area (Å²) in [5, 5.41) is 9.89. The van der Waals surface area contributed by atoms with E-state index in [0.29, 0.717) is 12.3 Å². The summed E-state index contributed by atoms with van der Waals surface area (Å²) in [6.07, 6.45) is 1.45. The summed E-state index contributed by atoms with van der Waals surface area (Å²) in [6.45, 7) is 8.91. The third-order valence-corrected chi connectivity index (χ3v) is 2.66. The van der Waals surface area contributed by atoms with Gasteiger partial charge >= 0.3 is 0 Å². The Morgan fingerprint density at radius 3 is 2.62 bits per heavy atom. The van der Waals surface area contributed by atoms with Crippen molar-refractivity contribution in [1.82, 2.24) is 15.5 Å². The van der Waals surface area contributed by atoms with Gasteiger partial charge in [0, 0.05) is 17.8 Å². The highest BCUT2D eigenvalue weighted by Crippen LogP contribution is 2.09. The molecule has 1 rings (SSSR count). The quantitative estimate of drug-likeness (QED) is 0.798. The molecule has 0 bridgehead atoms. The zero-order chi connectivity index (χ0) is 12.1. The van der Waals surface area contributed by atoms with Crippen LogP contribution in [0.5, 0.6) is 0 Å². The Morgan fingerprint density at radius 2 is 2.12 bits per heavy atom. The van der Waals surface area contributed by atoms with E-state index in [1.165, 1.54) is 0 Å². The van der Waals surface area contributed by atoms with Gasteiger partial charge in [-0.1, -0.05) is 13.8 Å². The minimum atomic E-state index is 0.0771. The number of aromatic amines is 1. The van der Waals surface area contributed by atoms with Crippen LogP contribution in [0.15, 0.2) is 0 Å². The summed E-state index contributed by atoms with van der Waals surface area (Å²) in [5.74, 6) is 0.700. The number of hydrogen-bond acceptors (Lipinski definition) is 2. The molecular formula is C12H21N3O. The molecule has 1 heterocycles.